The van der Waals surface area contributed by atoms with Crippen molar-refractivity contribution in [1.82, 2.24) is 0 Å². The van der Waals surface area contributed by atoms with E-state index < -0.39 is 22.0 Å². The third kappa shape index (κ3) is 2.78. The van der Waals surface area contributed by atoms with Crippen LogP contribution in [-0.4, -0.2) is 34.6 Å². The van der Waals surface area contributed by atoms with Crippen molar-refractivity contribution in [3.8, 4) is 5.75 Å². The van der Waals surface area contributed by atoms with Crippen LogP contribution in [0.15, 0.2) is 47.4 Å². The SMILES string of the molecule is COC(=O)c1ccc(N2C(=O)Nc3cc(OC)ccc3S2(=O)=O)cc1. The molecule has 0 radical (unpaired) electrons. The summed E-state index contributed by atoms with van der Waals surface area (Å²) in [6, 6.07) is 8.94. The number of nitrogens with one attached hydrogen (secondary N) is 1. The second-order valence-electron chi connectivity index (χ2n) is 5.10. The van der Waals surface area contributed by atoms with Gasteiger partial charge >= 0.3 is 12.0 Å². The van der Waals surface area contributed by atoms with E-state index in [4.69, 9.17) is 4.74 Å². The first-order valence-corrected chi connectivity index (χ1v) is 8.55. The normalized spacial score (nSPS) is 15.1. The van der Waals surface area contributed by atoms with E-state index in [9.17, 15) is 18.0 Å². The lowest BCUT2D eigenvalue weighted by Gasteiger charge is -2.29. The number of hydrogen-bond donors (Lipinski definition) is 1. The van der Waals surface area contributed by atoms with Crippen LogP contribution in [0.5, 0.6) is 5.75 Å². The van der Waals surface area contributed by atoms with Crippen LogP contribution in [0.4, 0.5) is 16.2 Å². The Morgan fingerprint density at radius 2 is 1.76 bits per heavy atom. The molecule has 0 spiro atoms. The number of nitrogens with zero attached hydrogens (tertiary/aromatic N) is 1. The fourth-order valence-electron chi connectivity index (χ4n) is 2.44. The van der Waals surface area contributed by atoms with E-state index in [1.165, 1.54) is 56.7 Å². The number of carbonyl (C=O) groups excluding carboxylic acids is 2. The minimum absolute atomic E-state index is 0.0510. The van der Waals surface area contributed by atoms with E-state index in [0.29, 0.717) is 10.1 Å². The zero-order chi connectivity index (χ0) is 18.2. The molecule has 2 amide bonds. The Hall–Kier alpha value is -3.07. The number of fused-ring (bicyclic) bond motifs is 1. The lowest BCUT2D eigenvalue weighted by atomic mass is 10.2. The van der Waals surface area contributed by atoms with Crippen LogP contribution >= 0.6 is 0 Å². The minimum Gasteiger partial charge on any atom is -0.497 e. The number of ether oxygens (including phenoxy) is 2. The average Bonchev–Trinajstić information content (AvgIpc) is 2.60. The van der Waals surface area contributed by atoms with E-state index in [1.54, 1.807) is 0 Å². The standard InChI is InChI=1S/C16H14N2O6S/c1-23-12-7-8-14-13(9-12)17-16(20)18(25(14,21)22)11-5-3-10(4-6-11)15(19)24-2/h3-9H,1-2H3,(H,17,20). The maximum Gasteiger partial charge on any atom is 0.340 e. The number of esters is 1. The molecule has 0 saturated carbocycles. The Kier molecular flexibility index (Phi) is 4.09. The first kappa shape index (κ1) is 16.8. The highest BCUT2D eigenvalue weighted by Gasteiger charge is 2.38. The Bertz CT molecular complexity index is 953. The molecule has 9 heteroatoms. The Labute approximate surface area is 144 Å². The molecule has 0 aliphatic carbocycles. The van der Waals surface area contributed by atoms with E-state index in [1.807, 2.05) is 0 Å². The fourth-order valence-corrected chi connectivity index (χ4v) is 3.93. The van der Waals surface area contributed by atoms with Gasteiger partial charge in [-0.1, -0.05) is 0 Å². The van der Waals surface area contributed by atoms with Gasteiger partial charge in [-0.2, -0.15) is 4.31 Å². The van der Waals surface area contributed by atoms with Crippen molar-refractivity contribution in [2.24, 2.45) is 0 Å². The van der Waals surface area contributed by atoms with Crippen LogP contribution in [-0.2, 0) is 14.8 Å². The Morgan fingerprint density at radius 1 is 1.08 bits per heavy atom. The predicted octanol–water partition coefficient (Wildman–Crippen LogP) is 2.22. The van der Waals surface area contributed by atoms with Gasteiger partial charge < -0.3 is 14.8 Å². The Morgan fingerprint density at radius 3 is 2.36 bits per heavy atom. The summed E-state index contributed by atoms with van der Waals surface area (Å²) in [7, 11) is -1.42. The van der Waals surface area contributed by atoms with Crippen molar-refractivity contribution >= 4 is 33.4 Å². The molecule has 0 aromatic heterocycles. The molecular weight excluding hydrogens is 348 g/mol. The van der Waals surface area contributed by atoms with Gasteiger partial charge in [-0.15, -0.1) is 0 Å². The number of anilines is 2. The molecule has 0 atom stereocenters. The summed E-state index contributed by atoms with van der Waals surface area (Å²) in [5.74, 6) is -0.139. The quantitative estimate of drug-likeness (QED) is 0.840. The van der Waals surface area contributed by atoms with Crippen LogP contribution in [0, 0.1) is 0 Å². The number of urea groups is 1. The summed E-state index contributed by atoms with van der Waals surface area (Å²) < 4.78 is 35.9. The molecule has 0 saturated heterocycles. The van der Waals surface area contributed by atoms with Crippen LogP contribution in [0.1, 0.15) is 10.4 Å². The van der Waals surface area contributed by atoms with E-state index in [-0.39, 0.29) is 21.8 Å². The maximum atomic E-state index is 12.8. The second kappa shape index (κ2) is 6.10. The van der Waals surface area contributed by atoms with E-state index in [2.05, 4.69) is 10.1 Å². The van der Waals surface area contributed by atoms with Gasteiger partial charge in [0, 0.05) is 6.07 Å². The first-order valence-electron chi connectivity index (χ1n) is 7.11. The molecule has 1 N–H and O–H groups in total. The van der Waals surface area contributed by atoms with Crippen molar-refractivity contribution in [3.63, 3.8) is 0 Å². The van der Waals surface area contributed by atoms with Crippen LogP contribution in [0.25, 0.3) is 0 Å². The van der Waals surface area contributed by atoms with E-state index in [0.717, 1.165) is 0 Å². The molecule has 1 aliphatic heterocycles. The number of amides is 2. The van der Waals surface area contributed by atoms with Crippen LogP contribution in [0.3, 0.4) is 0 Å². The average molecular weight is 362 g/mol. The molecular formula is C16H14N2O6S. The number of rotatable bonds is 3. The minimum atomic E-state index is -4.10. The summed E-state index contributed by atoms with van der Waals surface area (Å²) in [5, 5.41) is 2.52. The highest BCUT2D eigenvalue weighted by Crippen LogP contribution is 2.35. The van der Waals surface area contributed by atoms with Crippen molar-refractivity contribution < 1.29 is 27.5 Å². The third-order valence-electron chi connectivity index (χ3n) is 3.65. The molecule has 130 valence electrons. The van der Waals surface area contributed by atoms with Crippen molar-refractivity contribution in [2.45, 2.75) is 4.90 Å². The lowest BCUT2D eigenvalue weighted by Crippen LogP contribution is -2.44. The summed E-state index contributed by atoms with van der Waals surface area (Å²) in [6.45, 7) is 0. The van der Waals surface area contributed by atoms with Gasteiger partial charge in [0.25, 0.3) is 10.0 Å². The molecule has 2 aromatic rings. The van der Waals surface area contributed by atoms with Crippen molar-refractivity contribution in [3.05, 3.63) is 48.0 Å². The number of carbonyl (C=O) groups is 2. The van der Waals surface area contributed by atoms with Gasteiger partial charge in [-0.3, -0.25) is 0 Å². The van der Waals surface area contributed by atoms with Crippen LogP contribution < -0.4 is 14.4 Å². The molecule has 0 fully saturated rings. The molecule has 0 bridgehead atoms. The smallest absolute Gasteiger partial charge is 0.340 e. The topological polar surface area (TPSA) is 102 Å². The van der Waals surface area contributed by atoms with Gasteiger partial charge in [0.15, 0.2) is 0 Å². The largest absolute Gasteiger partial charge is 0.497 e. The summed E-state index contributed by atoms with van der Waals surface area (Å²) in [6.07, 6.45) is 0. The van der Waals surface area contributed by atoms with Crippen molar-refractivity contribution in [1.29, 1.82) is 0 Å². The van der Waals surface area contributed by atoms with E-state index >= 15 is 0 Å². The van der Waals surface area contributed by atoms with Crippen molar-refractivity contribution in [2.75, 3.05) is 23.8 Å². The molecule has 25 heavy (non-hydrogen) atoms. The Balaban J connectivity index is 2.05. The number of methoxy groups -OCH3 is 2. The lowest BCUT2D eigenvalue weighted by molar-refractivity contribution is 0.0600. The number of benzene rings is 2. The number of sulfonamides is 1. The summed E-state index contributed by atoms with van der Waals surface area (Å²) >= 11 is 0. The molecule has 2 aromatic carbocycles. The predicted molar refractivity (Wildman–Crippen MR) is 89.5 cm³/mol. The van der Waals surface area contributed by atoms with Gasteiger partial charge in [-0.25, -0.2) is 18.0 Å². The fraction of sp³-hybridized carbons (Fsp3) is 0.125. The monoisotopic (exact) mass is 362 g/mol. The van der Waals surface area contributed by atoms with Gasteiger partial charge in [0.1, 0.15) is 10.6 Å². The maximum absolute atomic E-state index is 12.8. The molecule has 8 nitrogen and oxygen atoms in total. The summed E-state index contributed by atoms with van der Waals surface area (Å²) in [4.78, 5) is 23.8. The highest BCUT2D eigenvalue weighted by atomic mass is 32.2. The van der Waals surface area contributed by atoms with Gasteiger partial charge in [-0.05, 0) is 36.4 Å². The zero-order valence-electron chi connectivity index (χ0n) is 13.3. The molecule has 0 unspecified atom stereocenters. The molecule has 3 rings (SSSR count). The number of hydrogen-bond acceptors (Lipinski definition) is 6. The van der Waals surface area contributed by atoms with Gasteiger partial charge in [0.05, 0.1) is 31.2 Å². The highest BCUT2D eigenvalue weighted by molar-refractivity contribution is 7.94. The zero-order valence-corrected chi connectivity index (χ0v) is 14.2. The third-order valence-corrected chi connectivity index (χ3v) is 5.42. The summed E-state index contributed by atoms with van der Waals surface area (Å²) in [5.41, 5.74) is 0.490. The van der Waals surface area contributed by atoms with Gasteiger partial charge in [0.2, 0.25) is 0 Å². The molecule has 1 heterocycles. The first-order chi connectivity index (χ1) is 11.9. The molecule has 1 aliphatic rings. The van der Waals surface area contributed by atoms with Crippen LogP contribution in [0.2, 0.25) is 0 Å². The second-order valence-corrected chi connectivity index (χ2v) is 6.86.